The van der Waals surface area contributed by atoms with E-state index in [0.29, 0.717) is 5.69 Å². The van der Waals surface area contributed by atoms with Gasteiger partial charge in [0.2, 0.25) is 0 Å². The van der Waals surface area contributed by atoms with E-state index in [2.05, 4.69) is 70.3 Å². The lowest BCUT2D eigenvalue weighted by molar-refractivity contribution is 0.0624. The van der Waals surface area contributed by atoms with E-state index in [4.69, 9.17) is 0 Å². The number of hydrogen-bond donors (Lipinski definition) is 0. The molecular formula is C26H26N4OS. The van der Waals surface area contributed by atoms with E-state index >= 15 is 0 Å². The van der Waals surface area contributed by atoms with Crippen molar-refractivity contribution in [3.8, 4) is 10.6 Å². The second-order valence-corrected chi connectivity index (χ2v) is 9.01. The number of hydrogen-bond acceptors (Lipinski definition) is 5. The maximum Gasteiger partial charge on any atom is 0.273 e. The van der Waals surface area contributed by atoms with Gasteiger partial charge in [-0.25, -0.2) is 4.98 Å². The van der Waals surface area contributed by atoms with Crippen LogP contribution in [0.15, 0.2) is 66.2 Å². The van der Waals surface area contributed by atoms with Crippen molar-refractivity contribution in [3.05, 3.63) is 83.0 Å². The first-order chi connectivity index (χ1) is 15.7. The second-order valence-electron chi connectivity index (χ2n) is 8.15. The minimum atomic E-state index is 0.0316. The third-order valence-corrected chi connectivity index (χ3v) is 6.99. The summed E-state index contributed by atoms with van der Waals surface area (Å²) >= 11 is 1.54. The standard InChI is InChI=1S/C26H26N4OS/c1-2-19-8-10-21(11-9-19)25-28-23(18-32-25)26(31)30-15-13-29(14-16-30)17-22-6-3-5-20-7-4-12-27-24(20)22/h3-12,18H,2,13-17H2,1H3. The number of fused-ring (bicyclic) bond motifs is 1. The van der Waals surface area contributed by atoms with Crippen LogP contribution >= 0.6 is 11.3 Å². The van der Waals surface area contributed by atoms with Crippen LogP contribution in [0.25, 0.3) is 21.5 Å². The molecule has 162 valence electrons. The quantitative estimate of drug-likeness (QED) is 0.442. The fraction of sp³-hybridized carbons (Fsp3) is 0.269. The van der Waals surface area contributed by atoms with Crippen LogP contribution in [0.4, 0.5) is 0 Å². The molecule has 0 bridgehead atoms. The zero-order valence-corrected chi connectivity index (χ0v) is 19.0. The Kier molecular flexibility index (Phi) is 5.97. The normalized spacial score (nSPS) is 14.7. The van der Waals surface area contributed by atoms with Crippen LogP contribution < -0.4 is 0 Å². The Balaban J connectivity index is 1.21. The molecule has 0 aliphatic carbocycles. The fourth-order valence-electron chi connectivity index (χ4n) is 4.19. The van der Waals surface area contributed by atoms with Gasteiger partial charge in [0, 0.05) is 55.3 Å². The summed E-state index contributed by atoms with van der Waals surface area (Å²) in [7, 11) is 0. The Morgan fingerprint density at radius 3 is 2.56 bits per heavy atom. The van der Waals surface area contributed by atoms with Gasteiger partial charge in [0.15, 0.2) is 0 Å². The number of benzene rings is 2. The fourth-order valence-corrected chi connectivity index (χ4v) is 4.99. The summed E-state index contributed by atoms with van der Waals surface area (Å²) in [6, 6.07) is 18.9. The Labute approximate surface area is 192 Å². The number of carbonyl (C=O) groups is 1. The van der Waals surface area contributed by atoms with Crippen molar-refractivity contribution >= 4 is 28.1 Å². The minimum Gasteiger partial charge on any atom is -0.335 e. The van der Waals surface area contributed by atoms with Gasteiger partial charge in [0.25, 0.3) is 5.91 Å². The lowest BCUT2D eigenvalue weighted by atomic mass is 10.1. The monoisotopic (exact) mass is 442 g/mol. The Morgan fingerprint density at radius 1 is 1.00 bits per heavy atom. The third-order valence-electron chi connectivity index (χ3n) is 6.10. The van der Waals surface area contributed by atoms with Crippen molar-refractivity contribution < 1.29 is 4.79 Å². The first-order valence-corrected chi connectivity index (χ1v) is 12.0. The molecule has 1 saturated heterocycles. The van der Waals surface area contributed by atoms with E-state index in [1.54, 1.807) is 0 Å². The Bertz CT molecular complexity index is 1220. The summed E-state index contributed by atoms with van der Waals surface area (Å²) < 4.78 is 0. The van der Waals surface area contributed by atoms with Gasteiger partial charge >= 0.3 is 0 Å². The van der Waals surface area contributed by atoms with Crippen molar-refractivity contribution in [2.45, 2.75) is 19.9 Å². The van der Waals surface area contributed by atoms with Gasteiger partial charge in [-0.1, -0.05) is 55.5 Å². The number of carbonyl (C=O) groups excluding carboxylic acids is 1. The summed E-state index contributed by atoms with van der Waals surface area (Å²) in [6.45, 7) is 6.14. The zero-order chi connectivity index (χ0) is 21.9. The van der Waals surface area contributed by atoms with Crippen LogP contribution in [0.2, 0.25) is 0 Å². The van der Waals surface area contributed by atoms with Crippen LogP contribution in [0.1, 0.15) is 28.5 Å². The molecule has 1 fully saturated rings. The molecular weight excluding hydrogens is 416 g/mol. The molecule has 1 amide bonds. The van der Waals surface area contributed by atoms with Gasteiger partial charge in [-0.3, -0.25) is 14.7 Å². The summed E-state index contributed by atoms with van der Waals surface area (Å²) in [6.07, 6.45) is 2.87. The molecule has 5 rings (SSSR count). The zero-order valence-electron chi connectivity index (χ0n) is 18.2. The number of piperazine rings is 1. The molecule has 0 radical (unpaired) electrons. The lowest BCUT2D eigenvalue weighted by Crippen LogP contribution is -2.48. The molecule has 0 spiro atoms. The number of rotatable bonds is 5. The summed E-state index contributed by atoms with van der Waals surface area (Å²) in [4.78, 5) is 26.6. The summed E-state index contributed by atoms with van der Waals surface area (Å²) in [5.74, 6) is 0.0316. The SMILES string of the molecule is CCc1ccc(-c2nc(C(=O)N3CCN(Cc4cccc5cccnc45)CC3)cs2)cc1. The number of aromatic nitrogens is 2. The first kappa shape index (κ1) is 20.8. The molecule has 0 N–H and O–H groups in total. The molecule has 0 saturated carbocycles. The molecule has 6 heteroatoms. The average Bonchev–Trinajstić information content (AvgIpc) is 3.35. The van der Waals surface area contributed by atoms with E-state index in [1.165, 1.54) is 27.8 Å². The highest BCUT2D eigenvalue weighted by molar-refractivity contribution is 7.13. The minimum absolute atomic E-state index is 0.0316. The molecule has 32 heavy (non-hydrogen) atoms. The van der Waals surface area contributed by atoms with E-state index in [9.17, 15) is 4.79 Å². The number of aryl methyl sites for hydroxylation is 1. The molecule has 5 nitrogen and oxygen atoms in total. The van der Waals surface area contributed by atoms with Crippen molar-refractivity contribution in [1.29, 1.82) is 0 Å². The Hall–Kier alpha value is -3.09. The van der Waals surface area contributed by atoms with E-state index < -0.39 is 0 Å². The predicted octanol–water partition coefficient (Wildman–Crippen LogP) is 4.88. The number of amides is 1. The smallest absolute Gasteiger partial charge is 0.273 e. The Morgan fingerprint density at radius 2 is 1.78 bits per heavy atom. The molecule has 1 aliphatic rings. The first-order valence-electron chi connectivity index (χ1n) is 11.1. The van der Waals surface area contributed by atoms with Gasteiger partial charge in [0.1, 0.15) is 10.7 Å². The van der Waals surface area contributed by atoms with Crippen LogP contribution in [0.3, 0.4) is 0 Å². The largest absolute Gasteiger partial charge is 0.335 e. The number of thiazole rings is 1. The van der Waals surface area contributed by atoms with Gasteiger partial charge < -0.3 is 4.90 Å². The molecule has 2 aromatic carbocycles. The van der Waals surface area contributed by atoms with Crippen LogP contribution in [0, 0.1) is 0 Å². The average molecular weight is 443 g/mol. The molecule has 3 heterocycles. The summed E-state index contributed by atoms with van der Waals surface area (Å²) in [5, 5.41) is 3.96. The van der Waals surface area contributed by atoms with Gasteiger partial charge in [0.05, 0.1) is 5.52 Å². The van der Waals surface area contributed by atoms with Crippen LogP contribution in [-0.4, -0.2) is 51.9 Å². The predicted molar refractivity (Wildman–Crippen MR) is 130 cm³/mol. The maximum absolute atomic E-state index is 13.0. The molecule has 2 aromatic heterocycles. The molecule has 0 unspecified atom stereocenters. The van der Waals surface area contributed by atoms with Crippen molar-refractivity contribution in [2.75, 3.05) is 26.2 Å². The third kappa shape index (κ3) is 4.29. The van der Waals surface area contributed by atoms with Crippen molar-refractivity contribution in [2.24, 2.45) is 0 Å². The van der Waals surface area contributed by atoms with Gasteiger partial charge in [-0.15, -0.1) is 11.3 Å². The van der Waals surface area contributed by atoms with Gasteiger partial charge in [-0.05, 0) is 23.6 Å². The lowest BCUT2D eigenvalue weighted by Gasteiger charge is -2.34. The van der Waals surface area contributed by atoms with Crippen LogP contribution in [0.5, 0.6) is 0 Å². The van der Waals surface area contributed by atoms with Gasteiger partial charge in [-0.2, -0.15) is 0 Å². The highest BCUT2D eigenvalue weighted by atomic mass is 32.1. The number of para-hydroxylation sites is 1. The molecule has 4 aromatic rings. The maximum atomic E-state index is 13.0. The summed E-state index contributed by atoms with van der Waals surface area (Å²) in [5.41, 5.74) is 5.23. The number of nitrogens with zero attached hydrogens (tertiary/aromatic N) is 4. The molecule has 1 aliphatic heterocycles. The topological polar surface area (TPSA) is 49.3 Å². The van der Waals surface area contributed by atoms with Crippen molar-refractivity contribution in [1.82, 2.24) is 19.8 Å². The van der Waals surface area contributed by atoms with E-state index in [1.807, 2.05) is 22.5 Å². The number of pyridine rings is 1. The molecule has 0 atom stereocenters. The highest BCUT2D eigenvalue weighted by Gasteiger charge is 2.24. The van der Waals surface area contributed by atoms with E-state index in [-0.39, 0.29) is 5.91 Å². The highest BCUT2D eigenvalue weighted by Crippen LogP contribution is 2.25. The van der Waals surface area contributed by atoms with Crippen molar-refractivity contribution in [3.63, 3.8) is 0 Å². The van der Waals surface area contributed by atoms with E-state index in [0.717, 1.165) is 55.2 Å². The van der Waals surface area contributed by atoms with Crippen LogP contribution in [-0.2, 0) is 13.0 Å². The second kappa shape index (κ2) is 9.18.